The van der Waals surface area contributed by atoms with Crippen molar-refractivity contribution in [2.75, 3.05) is 6.54 Å². The summed E-state index contributed by atoms with van der Waals surface area (Å²) in [6.45, 7) is 0.427. The van der Waals surface area contributed by atoms with E-state index >= 15 is 0 Å². The molecule has 6 nitrogen and oxygen atoms in total. The van der Waals surface area contributed by atoms with Crippen molar-refractivity contribution in [3.63, 3.8) is 0 Å². The molecule has 0 aliphatic heterocycles. The van der Waals surface area contributed by atoms with Gasteiger partial charge < -0.3 is 14.8 Å². The second-order valence-corrected chi connectivity index (χ2v) is 4.22. The van der Waals surface area contributed by atoms with Crippen LogP contribution >= 0.6 is 0 Å². The predicted molar refractivity (Wildman–Crippen MR) is 75.7 cm³/mol. The third-order valence-corrected chi connectivity index (χ3v) is 2.74. The zero-order valence-corrected chi connectivity index (χ0v) is 11.2. The number of carbonyl (C=O) groups excluding carboxylic acids is 1. The predicted octanol–water partition coefficient (Wildman–Crippen LogP) is 1.74. The van der Waals surface area contributed by atoms with E-state index < -0.39 is 5.97 Å². The molecule has 0 aromatic carbocycles. The Bertz CT molecular complexity index is 647. The number of nitrogens with one attached hydrogen (secondary N) is 1. The number of aromatic nitrogens is 1. The molecule has 21 heavy (non-hydrogen) atoms. The van der Waals surface area contributed by atoms with Crippen LogP contribution in [0, 0.1) is 0 Å². The van der Waals surface area contributed by atoms with Gasteiger partial charge in [-0.05, 0) is 24.3 Å². The molecular formula is C15H14N2O4. The summed E-state index contributed by atoms with van der Waals surface area (Å²) < 4.78 is 5.17. The highest BCUT2D eigenvalue weighted by molar-refractivity contribution is 5.98. The molecule has 0 aliphatic rings. The molecule has 2 aromatic rings. The molecule has 2 rings (SSSR count). The molecular weight excluding hydrogens is 272 g/mol. The Balaban J connectivity index is 2.00. The Morgan fingerprint density at radius 2 is 2.24 bits per heavy atom. The van der Waals surface area contributed by atoms with E-state index in [1.807, 2.05) is 6.07 Å². The average molecular weight is 286 g/mol. The van der Waals surface area contributed by atoms with Crippen LogP contribution in [-0.2, 0) is 11.2 Å². The molecule has 6 heteroatoms. The first kappa shape index (κ1) is 14.5. The molecule has 0 radical (unpaired) electrons. The average Bonchev–Trinajstić information content (AvgIpc) is 2.98. The van der Waals surface area contributed by atoms with Gasteiger partial charge in [0.25, 0.3) is 5.91 Å². The summed E-state index contributed by atoms with van der Waals surface area (Å²) in [5.41, 5.74) is 0.831. The number of hydrogen-bond acceptors (Lipinski definition) is 4. The maximum absolute atomic E-state index is 12.1. The molecule has 0 saturated carbocycles. The van der Waals surface area contributed by atoms with Crippen molar-refractivity contribution >= 4 is 18.0 Å². The van der Waals surface area contributed by atoms with E-state index in [0.29, 0.717) is 24.1 Å². The van der Waals surface area contributed by atoms with Gasteiger partial charge in [-0.1, -0.05) is 0 Å². The highest BCUT2D eigenvalue weighted by Crippen LogP contribution is 2.09. The highest BCUT2D eigenvalue weighted by Gasteiger charge is 2.09. The van der Waals surface area contributed by atoms with Crippen LogP contribution in [0.2, 0.25) is 0 Å². The summed E-state index contributed by atoms with van der Waals surface area (Å²) in [6, 6.07) is 5.16. The van der Waals surface area contributed by atoms with E-state index in [1.54, 1.807) is 18.4 Å². The van der Waals surface area contributed by atoms with Crippen LogP contribution < -0.4 is 5.32 Å². The zero-order chi connectivity index (χ0) is 15.1. The van der Waals surface area contributed by atoms with Crippen LogP contribution in [0.4, 0.5) is 0 Å². The Morgan fingerprint density at radius 3 is 2.95 bits per heavy atom. The Morgan fingerprint density at radius 1 is 1.38 bits per heavy atom. The van der Waals surface area contributed by atoms with Crippen molar-refractivity contribution in [3.8, 4) is 0 Å². The van der Waals surface area contributed by atoms with Gasteiger partial charge in [-0.25, -0.2) is 4.79 Å². The first-order chi connectivity index (χ1) is 10.2. The minimum atomic E-state index is -1.08. The molecule has 108 valence electrons. The summed E-state index contributed by atoms with van der Waals surface area (Å²) >= 11 is 0. The minimum Gasteiger partial charge on any atom is -0.478 e. The third-order valence-electron chi connectivity index (χ3n) is 2.74. The molecule has 2 aromatic heterocycles. The molecule has 1 amide bonds. The van der Waals surface area contributed by atoms with Gasteiger partial charge in [-0.15, -0.1) is 0 Å². The molecule has 0 unspecified atom stereocenters. The lowest BCUT2D eigenvalue weighted by atomic mass is 10.1. The summed E-state index contributed by atoms with van der Waals surface area (Å²) in [7, 11) is 0. The fraction of sp³-hybridized carbons (Fsp3) is 0.133. The number of furan rings is 1. The number of aliphatic carboxylic acids is 1. The fourth-order valence-electron chi connectivity index (χ4n) is 1.76. The van der Waals surface area contributed by atoms with Crippen LogP contribution in [0.5, 0.6) is 0 Å². The molecule has 0 bridgehead atoms. The number of nitrogens with zero attached hydrogens (tertiary/aromatic N) is 1. The largest absolute Gasteiger partial charge is 0.478 e. The van der Waals surface area contributed by atoms with Gasteiger partial charge in [-0.2, -0.15) is 0 Å². The minimum absolute atomic E-state index is 0.283. The monoisotopic (exact) mass is 286 g/mol. The normalized spacial score (nSPS) is 10.7. The number of carboxylic acids is 1. The molecule has 2 N–H and O–H groups in total. The van der Waals surface area contributed by atoms with Gasteiger partial charge in [-0.3, -0.25) is 9.78 Å². The summed E-state index contributed by atoms with van der Waals surface area (Å²) in [5.74, 6) is -0.576. The van der Waals surface area contributed by atoms with Crippen molar-refractivity contribution in [1.29, 1.82) is 0 Å². The third kappa shape index (κ3) is 4.31. The lowest BCUT2D eigenvalue weighted by Gasteiger charge is -2.06. The number of carboxylic acid groups (broad SMARTS) is 1. The molecule has 0 aliphatic carbocycles. The Kier molecular flexibility index (Phi) is 4.87. The van der Waals surface area contributed by atoms with E-state index in [9.17, 15) is 9.59 Å². The van der Waals surface area contributed by atoms with Crippen molar-refractivity contribution in [3.05, 3.63) is 59.8 Å². The maximum Gasteiger partial charge on any atom is 0.328 e. The number of carbonyl (C=O) groups is 2. The van der Waals surface area contributed by atoms with Crippen LogP contribution in [0.15, 0.2) is 47.3 Å². The first-order valence-corrected chi connectivity index (χ1v) is 6.32. The molecule has 0 atom stereocenters. The van der Waals surface area contributed by atoms with E-state index in [4.69, 9.17) is 9.52 Å². The van der Waals surface area contributed by atoms with Crippen LogP contribution in [-0.4, -0.2) is 28.5 Å². The number of hydrogen-bond donors (Lipinski definition) is 2. The zero-order valence-electron chi connectivity index (χ0n) is 11.2. The standard InChI is InChI=1S/C15H14N2O4/c18-14(19)4-3-11-10-16-7-6-13(11)15(20)17-8-5-12-2-1-9-21-12/h1-4,6-7,9-10H,5,8H2,(H,17,20)(H,18,19). The van der Waals surface area contributed by atoms with Gasteiger partial charge in [0, 0.05) is 42.6 Å². The van der Waals surface area contributed by atoms with Gasteiger partial charge >= 0.3 is 5.97 Å². The Labute approximate surface area is 121 Å². The quantitative estimate of drug-likeness (QED) is 0.789. The number of amides is 1. The smallest absolute Gasteiger partial charge is 0.328 e. The van der Waals surface area contributed by atoms with Crippen molar-refractivity contribution < 1.29 is 19.1 Å². The SMILES string of the molecule is O=C(O)C=Cc1cnccc1C(=O)NCCc1ccco1. The topological polar surface area (TPSA) is 92.4 Å². The lowest BCUT2D eigenvalue weighted by Crippen LogP contribution is -2.26. The van der Waals surface area contributed by atoms with Crippen LogP contribution in [0.1, 0.15) is 21.7 Å². The number of pyridine rings is 1. The highest BCUT2D eigenvalue weighted by atomic mass is 16.4. The Hall–Kier alpha value is -2.89. The van der Waals surface area contributed by atoms with Crippen LogP contribution in [0.3, 0.4) is 0 Å². The molecule has 0 spiro atoms. The van der Waals surface area contributed by atoms with Gasteiger partial charge in [0.1, 0.15) is 5.76 Å². The van der Waals surface area contributed by atoms with Crippen molar-refractivity contribution in [1.82, 2.24) is 10.3 Å². The molecule has 0 fully saturated rings. The van der Waals surface area contributed by atoms with Crippen molar-refractivity contribution in [2.45, 2.75) is 6.42 Å². The molecule has 0 saturated heterocycles. The second kappa shape index (κ2) is 7.04. The van der Waals surface area contributed by atoms with Crippen molar-refractivity contribution in [2.24, 2.45) is 0 Å². The summed E-state index contributed by atoms with van der Waals surface area (Å²) in [6.07, 6.45) is 7.41. The summed E-state index contributed by atoms with van der Waals surface area (Å²) in [5, 5.41) is 11.4. The van der Waals surface area contributed by atoms with E-state index in [2.05, 4.69) is 10.3 Å². The van der Waals surface area contributed by atoms with E-state index in [0.717, 1.165) is 11.8 Å². The number of rotatable bonds is 6. The first-order valence-electron chi connectivity index (χ1n) is 6.32. The summed E-state index contributed by atoms with van der Waals surface area (Å²) in [4.78, 5) is 26.5. The van der Waals surface area contributed by atoms with Gasteiger partial charge in [0.2, 0.25) is 0 Å². The second-order valence-electron chi connectivity index (χ2n) is 4.22. The molecule has 2 heterocycles. The van der Waals surface area contributed by atoms with Gasteiger partial charge in [0.05, 0.1) is 6.26 Å². The lowest BCUT2D eigenvalue weighted by molar-refractivity contribution is -0.131. The maximum atomic E-state index is 12.1. The fourth-order valence-corrected chi connectivity index (χ4v) is 1.76. The van der Waals surface area contributed by atoms with Crippen LogP contribution in [0.25, 0.3) is 6.08 Å². The van der Waals surface area contributed by atoms with Gasteiger partial charge in [0.15, 0.2) is 0 Å². The van der Waals surface area contributed by atoms with E-state index in [-0.39, 0.29) is 5.91 Å². The van der Waals surface area contributed by atoms with E-state index in [1.165, 1.54) is 18.5 Å².